The summed E-state index contributed by atoms with van der Waals surface area (Å²) in [6, 6.07) is 4.15. The molecule has 8 nitrogen and oxygen atoms in total. The molecular formula is C14H22N4O4S. The number of amides is 3. The van der Waals surface area contributed by atoms with Crippen LogP contribution in [0, 0.1) is 5.92 Å². The van der Waals surface area contributed by atoms with Crippen molar-refractivity contribution in [2.45, 2.75) is 31.2 Å². The summed E-state index contributed by atoms with van der Waals surface area (Å²) in [5.41, 5.74) is 5.52. The molecule has 0 aliphatic carbocycles. The van der Waals surface area contributed by atoms with E-state index in [2.05, 4.69) is 15.4 Å². The fourth-order valence-electron chi connectivity index (χ4n) is 1.91. The SMILES string of the molecule is CCC(C)C(NC(N)=O)C(=O)Nc1ccc(S(=O)(=O)NC)cc1. The predicted octanol–water partition coefficient (Wildman–Crippen LogP) is 0.616. The molecule has 0 heterocycles. The lowest BCUT2D eigenvalue weighted by atomic mass is 9.98. The Morgan fingerprint density at radius 3 is 2.22 bits per heavy atom. The highest BCUT2D eigenvalue weighted by molar-refractivity contribution is 7.89. The number of nitrogens with two attached hydrogens (primary N) is 1. The maximum absolute atomic E-state index is 12.3. The average Bonchev–Trinajstić information content (AvgIpc) is 2.52. The van der Waals surface area contributed by atoms with Gasteiger partial charge in [-0.2, -0.15) is 0 Å². The second kappa shape index (κ2) is 7.93. The van der Waals surface area contributed by atoms with Gasteiger partial charge in [-0.25, -0.2) is 17.9 Å². The maximum Gasteiger partial charge on any atom is 0.312 e. The van der Waals surface area contributed by atoms with Gasteiger partial charge in [0.15, 0.2) is 0 Å². The van der Waals surface area contributed by atoms with E-state index >= 15 is 0 Å². The molecule has 0 aliphatic rings. The molecule has 0 aliphatic heterocycles. The summed E-state index contributed by atoms with van der Waals surface area (Å²) in [6.45, 7) is 3.72. The number of sulfonamides is 1. The molecule has 2 unspecified atom stereocenters. The van der Waals surface area contributed by atoms with Gasteiger partial charge >= 0.3 is 6.03 Å². The minimum absolute atomic E-state index is 0.0896. The van der Waals surface area contributed by atoms with Gasteiger partial charge in [-0.05, 0) is 37.2 Å². The predicted molar refractivity (Wildman–Crippen MR) is 87.3 cm³/mol. The Balaban J connectivity index is 2.88. The number of rotatable bonds is 7. The van der Waals surface area contributed by atoms with Crippen LogP contribution in [0.4, 0.5) is 10.5 Å². The van der Waals surface area contributed by atoms with Crippen molar-refractivity contribution in [3.63, 3.8) is 0 Å². The number of carbonyl (C=O) groups is 2. The summed E-state index contributed by atoms with van der Waals surface area (Å²) in [7, 11) is -2.21. The van der Waals surface area contributed by atoms with Gasteiger partial charge in [-0.15, -0.1) is 0 Å². The van der Waals surface area contributed by atoms with E-state index in [0.29, 0.717) is 12.1 Å². The van der Waals surface area contributed by atoms with E-state index in [4.69, 9.17) is 5.73 Å². The van der Waals surface area contributed by atoms with Gasteiger partial charge in [0, 0.05) is 5.69 Å². The fourth-order valence-corrected chi connectivity index (χ4v) is 2.64. The van der Waals surface area contributed by atoms with E-state index in [-0.39, 0.29) is 10.8 Å². The number of benzene rings is 1. The monoisotopic (exact) mass is 342 g/mol. The van der Waals surface area contributed by atoms with Gasteiger partial charge in [0.1, 0.15) is 6.04 Å². The first-order valence-electron chi connectivity index (χ1n) is 7.11. The third-order valence-electron chi connectivity index (χ3n) is 3.49. The van der Waals surface area contributed by atoms with Crippen molar-refractivity contribution in [2.75, 3.05) is 12.4 Å². The van der Waals surface area contributed by atoms with Crippen molar-refractivity contribution in [2.24, 2.45) is 11.7 Å². The molecule has 0 saturated carbocycles. The number of carbonyl (C=O) groups excluding carboxylic acids is 2. The zero-order valence-electron chi connectivity index (χ0n) is 13.3. The first kappa shape index (κ1) is 18.9. The normalized spacial score (nSPS) is 13.9. The molecule has 23 heavy (non-hydrogen) atoms. The van der Waals surface area contributed by atoms with Crippen LogP contribution in [-0.2, 0) is 14.8 Å². The summed E-state index contributed by atoms with van der Waals surface area (Å²) in [6.07, 6.45) is 0.678. The van der Waals surface area contributed by atoms with Crippen LogP contribution < -0.4 is 21.1 Å². The van der Waals surface area contributed by atoms with Crippen LogP contribution in [0.3, 0.4) is 0 Å². The highest BCUT2D eigenvalue weighted by atomic mass is 32.2. The third kappa shape index (κ3) is 5.22. The van der Waals surface area contributed by atoms with Crippen molar-refractivity contribution < 1.29 is 18.0 Å². The van der Waals surface area contributed by atoms with Gasteiger partial charge in [0.05, 0.1) is 4.90 Å². The maximum atomic E-state index is 12.3. The number of hydrogen-bond donors (Lipinski definition) is 4. The Bertz CT molecular complexity index is 658. The van der Waals surface area contributed by atoms with Crippen LogP contribution in [0.1, 0.15) is 20.3 Å². The third-order valence-corrected chi connectivity index (χ3v) is 4.92. The van der Waals surface area contributed by atoms with Crippen LogP contribution in [0.2, 0.25) is 0 Å². The van der Waals surface area contributed by atoms with Gasteiger partial charge < -0.3 is 16.4 Å². The number of nitrogens with one attached hydrogen (secondary N) is 3. The zero-order valence-corrected chi connectivity index (χ0v) is 14.1. The number of anilines is 1. The molecule has 128 valence electrons. The molecule has 0 radical (unpaired) electrons. The van der Waals surface area contributed by atoms with Gasteiger partial charge in [-0.1, -0.05) is 20.3 Å². The Morgan fingerprint density at radius 2 is 1.78 bits per heavy atom. The van der Waals surface area contributed by atoms with Crippen molar-refractivity contribution in [1.29, 1.82) is 0 Å². The molecular weight excluding hydrogens is 320 g/mol. The largest absolute Gasteiger partial charge is 0.352 e. The summed E-state index contributed by atoms with van der Waals surface area (Å²) in [5.74, 6) is -0.520. The quantitative estimate of drug-likeness (QED) is 0.578. The van der Waals surface area contributed by atoms with E-state index in [9.17, 15) is 18.0 Å². The van der Waals surface area contributed by atoms with Crippen molar-refractivity contribution in [1.82, 2.24) is 10.0 Å². The van der Waals surface area contributed by atoms with E-state index in [1.54, 1.807) is 0 Å². The number of hydrogen-bond acceptors (Lipinski definition) is 4. The van der Waals surface area contributed by atoms with Crippen LogP contribution in [0.5, 0.6) is 0 Å². The lowest BCUT2D eigenvalue weighted by Gasteiger charge is -2.22. The van der Waals surface area contributed by atoms with Gasteiger partial charge in [-0.3, -0.25) is 4.79 Å². The Kier molecular flexibility index (Phi) is 6.52. The molecule has 0 fully saturated rings. The van der Waals surface area contributed by atoms with E-state index in [1.165, 1.54) is 31.3 Å². The molecule has 0 saturated heterocycles. The molecule has 0 bridgehead atoms. The molecule has 1 aromatic rings. The first-order chi connectivity index (χ1) is 10.7. The molecule has 2 atom stereocenters. The van der Waals surface area contributed by atoms with Crippen molar-refractivity contribution >= 4 is 27.6 Å². The smallest absolute Gasteiger partial charge is 0.312 e. The molecule has 0 spiro atoms. The van der Waals surface area contributed by atoms with Gasteiger partial charge in [0.2, 0.25) is 15.9 Å². The first-order valence-corrected chi connectivity index (χ1v) is 8.60. The molecule has 9 heteroatoms. The van der Waals surface area contributed by atoms with E-state index < -0.39 is 28.0 Å². The van der Waals surface area contributed by atoms with Crippen LogP contribution >= 0.6 is 0 Å². The molecule has 1 aromatic carbocycles. The number of primary amides is 1. The van der Waals surface area contributed by atoms with Crippen LogP contribution in [0.15, 0.2) is 29.2 Å². The summed E-state index contributed by atoms with van der Waals surface area (Å²) in [5, 5.41) is 5.05. The topological polar surface area (TPSA) is 130 Å². The second-order valence-corrected chi connectivity index (χ2v) is 6.98. The Hall–Kier alpha value is -2.13. The van der Waals surface area contributed by atoms with Crippen molar-refractivity contribution in [3.8, 4) is 0 Å². The van der Waals surface area contributed by atoms with Crippen molar-refractivity contribution in [3.05, 3.63) is 24.3 Å². The molecule has 0 aromatic heterocycles. The summed E-state index contributed by atoms with van der Waals surface area (Å²) in [4.78, 5) is 23.4. The fraction of sp³-hybridized carbons (Fsp3) is 0.429. The highest BCUT2D eigenvalue weighted by Crippen LogP contribution is 2.15. The molecule has 3 amide bonds. The summed E-state index contributed by atoms with van der Waals surface area (Å²) < 4.78 is 25.5. The zero-order chi connectivity index (χ0) is 17.6. The standard InChI is InChI=1S/C14H22N4O4S/c1-4-9(2)12(18-14(15)20)13(19)17-10-5-7-11(8-6-10)23(21,22)16-3/h5-9,12,16H,4H2,1-3H3,(H,17,19)(H3,15,18,20). The average molecular weight is 342 g/mol. The second-order valence-electron chi connectivity index (χ2n) is 5.09. The lowest BCUT2D eigenvalue weighted by Crippen LogP contribution is -2.49. The minimum atomic E-state index is -3.53. The molecule has 1 rings (SSSR count). The Labute approximate surface area is 135 Å². The molecule has 5 N–H and O–H groups in total. The number of urea groups is 1. The van der Waals surface area contributed by atoms with E-state index in [0.717, 1.165) is 0 Å². The van der Waals surface area contributed by atoms with Crippen LogP contribution in [-0.4, -0.2) is 33.4 Å². The lowest BCUT2D eigenvalue weighted by molar-refractivity contribution is -0.119. The van der Waals surface area contributed by atoms with Gasteiger partial charge in [0.25, 0.3) is 0 Å². The minimum Gasteiger partial charge on any atom is -0.352 e. The summed E-state index contributed by atoms with van der Waals surface area (Å²) >= 11 is 0. The van der Waals surface area contributed by atoms with E-state index in [1.807, 2.05) is 13.8 Å². The van der Waals surface area contributed by atoms with Crippen LogP contribution in [0.25, 0.3) is 0 Å². The Morgan fingerprint density at radius 1 is 1.22 bits per heavy atom. The highest BCUT2D eigenvalue weighted by Gasteiger charge is 2.25.